The van der Waals surface area contributed by atoms with E-state index in [1.165, 1.54) is 0 Å². The van der Waals surface area contributed by atoms with E-state index in [-0.39, 0.29) is 36.0 Å². The number of nitrogens with two attached hydrogens (primary N) is 1. The van der Waals surface area contributed by atoms with Crippen molar-refractivity contribution >= 4 is 27.3 Å². The fourth-order valence-electron chi connectivity index (χ4n) is 2.45. The maximum atomic E-state index is 11.9. The summed E-state index contributed by atoms with van der Waals surface area (Å²) in [7, 11) is -2.96. The summed E-state index contributed by atoms with van der Waals surface area (Å²) in [6.45, 7) is 2.23. The molecule has 1 aromatic rings. The molecule has 1 heterocycles. The molecule has 1 aromatic carbocycles. The number of hydrogen-bond acceptors (Lipinski definition) is 3. The number of nitrogens with one attached hydrogen (secondary N) is 1. The van der Waals surface area contributed by atoms with E-state index >= 15 is 0 Å². The van der Waals surface area contributed by atoms with Crippen molar-refractivity contribution in [3.8, 4) is 0 Å². The molecule has 21 heavy (non-hydrogen) atoms. The second-order valence-electron chi connectivity index (χ2n) is 5.42. The summed E-state index contributed by atoms with van der Waals surface area (Å²) in [5.74, 6) is 0.0762. The van der Waals surface area contributed by atoms with Gasteiger partial charge in [0.1, 0.15) is 6.04 Å². The predicted molar refractivity (Wildman–Crippen MR) is 81.9 cm³/mol. The Morgan fingerprint density at radius 1 is 1.48 bits per heavy atom. The summed E-state index contributed by atoms with van der Waals surface area (Å²) in [5, 5.41) is 5.35. The van der Waals surface area contributed by atoms with Crippen molar-refractivity contribution in [2.75, 3.05) is 18.1 Å². The van der Waals surface area contributed by atoms with Gasteiger partial charge in [-0.05, 0) is 19.4 Å². The van der Waals surface area contributed by atoms with Crippen molar-refractivity contribution in [3.05, 3.63) is 34.9 Å². The summed E-state index contributed by atoms with van der Waals surface area (Å²) in [6, 6.07) is 7.36. The van der Waals surface area contributed by atoms with E-state index in [4.69, 9.17) is 11.6 Å². The van der Waals surface area contributed by atoms with Crippen LogP contribution in [0.5, 0.6) is 0 Å². The third kappa shape index (κ3) is 4.69. The molecule has 2 atom stereocenters. The number of quaternary nitrogens is 1. The minimum Gasteiger partial charge on any atom is -0.347 e. The summed E-state index contributed by atoms with van der Waals surface area (Å²) in [5.41, 5.74) is 0.982. The maximum absolute atomic E-state index is 11.9. The van der Waals surface area contributed by atoms with Gasteiger partial charge in [-0.25, -0.2) is 8.42 Å². The number of carbonyl (C=O) groups is 1. The van der Waals surface area contributed by atoms with Crippen molar-refractivity contribution in [1.29, 1.82) is 0 Å². The Bertz CT molecular complexity index is 618. The Balaban J connectivity index is 1.80. The van der Waals surface area contributed by atoms with Gasteiger partial charge in [0, 0.05) is 16.6 Å². The number of hydrogen-bond donors (Lipinski definition) is 2. The van der Waals surface area contributed by atoms with Gasteiger partial charge in [0.05, 0.1) is 11.5 Å². The van der Waals surface area contributed by atoms with Crippen LogP contribution in [0, 0.1) is 0 Å². The quantitative estimate of drug-likeness (QED) is 0.812. The molecule has 1 saturated heterocycles. The first kappa shape index (κ1) is 16.3. The molecule has 7 heteroatoms. The van der Waals surface area contributed by atoms with Crippen LogP contribution in [-0.4, -0.2) is 38.4 Å². The van der Waals surface area contributed by atoms with Gasteiger partial charge >= 0.3 is 0 Å². The second-order valence-corrected chi connectivity index (χ2v) is 8.05. The largest absolute Gasteiger partial charge is 0.347 e. The zero-order valence-corrected chi connectivity index (χ0v) is 13.5. The predicted octanol–water partition coefficient (Wildman–Crippen LogP) is 0.268. The third-order valence-electron chi connectivity index (χ3n) is 3.65. The van der Waals surface area contributed by atoms with Crippen molar-refractivity contribution in [2.45, 2.75) is 25.4 Å². The molecule has 0 saturated carbocycles. The molecule has 0 aliphatic carbocycles. The molecular weight excluding hydrogens is 312 g/mol. The van der Waals surface area contributed by atoms with Gasteiger partial charge in [0.2, 0.25) is 0 Å². The molecule has 1 aliphatic rings. The van der Waals surface area contributed by atoms with Crippen molar-refractivity contribution in [3.63, 3.8) is 0 Å². The molecular formula is C14H20ClN2O3S+. The molecule has 3 N–H and O–H groups in total. The van der Waals surface area contributed by atoms with Crippen LogP contribution < -0.4 is 10.6 Å². The number of halogens is 1. The summed E-state index contributed by atoms with van der Waals surface area (Å²) in [4.78, 5) is 11.9. The molecule has 0 bridgehead atoms. The summed E-state index contributed by atoms with van der Waals surface area (Å²) < 4.78 is 22.7. The highest BCUT2D eigenvalue weighted by atomic mass is 35.5. The number of sulfone groups is 1. The average molecular weight is 332 g/mol. The van der Waals surface area contributed by atoms with Crippen LogP contribution in [0.1, 0.15) is 24.9 Å². The van der Waals surface area contributed by atoms with E-state index < -0.39 is 9.84 Å². The molecule has 0 spiro atoms. The molecule has 1 amide bonds. The summed E-state index contributed by atoms with van der Waals surface area (Å²) >= 11 is 6.12. The van der Waals surface area contributed by atoms with Gasteiger partial charge in [-0.1, -0.05) is 29.8 Å². The van der Waals surface area contributed by atoms with Crippen LogP contribution in [0.15, 0.2) is 24.3 Å². The minimum absolute atomic E-state index is 0.0544. The van der Waals surface area contributed by atoms with E-state index in [9.17, 15) is 13.2 Å². The SMILES string of the molecule is C[C@@H]([NH2+]CC(=O)N[C@@H]1CCS(=O)(=O)C1)c1ccccc1Cl. The smallest absolute Gasteiger partial charge is 0.275 e. The zero-order chi connectivity index (χ0) is 15.5. The lowest BCUT2D eigenvalue weighted by Gasteiger charge is -2.14. The standard InChI is InChI=1S/C14H19ClN2O3S/c1-10(12-4-2-3-5-13(12)15)16-8-14(18)17-11-6-7-21(19,20)9-11/h2-5,10-11,16H,6-9H2,1H3,(H,17,18)/p+1/t10-,11-/m1/s1. The van der Waals surface area contributed by atoms with Gasteiger partial charge in [-0.2, -0.15) is 0 Å². The Labute approximate surface area is 130 Å². The molecule has 1 aliphatic heterocycles. The van der Waals surface area contributed by atoms with Crippen LogP contribution in [0.25, 0.3) is 0 Å². The van der Waals surface area contributed by atoms with Crippen LogP contribution in [-0.2, 0) is 14.6 Å². The highest BCUT2D eigenvalue weighted by molar-refractivity contribution is 7.91. The van der Waals surface area contributed by atoms with E-state index in [0.29, 0.717) is 11.4 Å². The molecule has 116 valence electrons. The minimum atomic E-state index is -2.96. The number of amides is 1. The lowest BCUT2D eigenvalue weighted by Crippen LogP contribution is -2.87. The molecule has 0 unspecified atom stereocenters. The topological polar surface area (TPSA) is 79.8 Å². The van der Waals surface area contributed by atoms with Crippen molar-refractivity contribution < 1.29 is 18.5 Å². The number of carbonyl (C=O) groups excluding carboxylic acids is 1. The van der Waals surface area contributed by atoms with Crippen LogP contribution in [0.4, 0.5) is 0 Å². The van der Waals surface area contributed by atoms with Crippen LogP contribution in [0.2, 0.25) is 5.02 Å². The monoisotopic (exact) mass is 331 g/mol. The Kier molecular flexibility index (Phi) is 5.24. The van der Waals surface area contributed by atoms with E-state index in [1.807, 2.05) is 36.5 Å². The first-order chi connectivity index (χ1) is 9.87. The molecule has 5 nitrogen and oxygen atoms in total. The number of benzene rings is 1. The van der Waals surface area contributed by atoms with Crippen LogP contribution >= 0.6 is 11.6 Å². The Morgan fingerprint density at radius 3 is 2.81 bits per heavy atom. The Morgan fingerprint density at radius 2 is 2.19 bits per heavy atom. The Hall–Kier alpha value is -1.11. The van der Waals surface area contributed by atoms with Crippen molar-refractivity contribution in [1.82, 2.24) is 5.32 Å². The first-order valence-electron chi connectivity index (χ1n) is 6.95. The van der Waals surface area contributed by atoms with E-state index in [1.54, 1.807) is 0 Å². The molecule has 0 radical (unpaired) electrons. The molecule has 1 fully saturated rings. The lowest BCUT2D eigenvalue weighted by atomic mass is 10.1. The normalized spacial score (nSPS) is 21.9. The van der Waals surface area contributed by atoms with Crippen LogP contribution in [0.3, 0.4) is 0 Å². The number of rotatable bonds is 5. The molecule has 2 rings (SSSR count). The van der Waals surface area contributed by atoms with Gasteiger partial charge in [-0.15, -0.1) is 0 Å². The highest BCUT2D eigenvalue weighted by Gasteiger charge is 2.29. The van der Waals surface area contributed by atoms with Gasteiger partial charge in [0.25, 0.3) is 5.91 Å². The fraction of sp³-hybridized carbons (Fsp3) is 0.500. The first-order valence-corrected chi connectivity index (χ1v) is 9.15. The van der Waals surface area contributed by atoms with E-state index in [2.05, 4.69) is 5.32 Å². The summed E-state index contributed by atoms with van der Waals surface area (Å²) in [6.07, 6.45) is 0.508. The van der Waals surface area contributed by atoms with Gasteiger partial charge in [-0.3, -0.25) is 4.79 Å². The fourth-order valence-corrected chi connectivity index (χ4v) is 4.43. The van der Waals surface area contributed by atoms with Gasteiger partial charge in [0.15, 0.2) is 16.4 Å². The average Bonchev–Trinajstić information content (AvgIpc) is 2.75. The highest BCUT2D eigenvalue weighted by Crippen LogP contribution is 2.19. The second kappa shape index (κ2) is 6.77. The zero-order valence-electron chi connectivity index (χ0n) is 11.9. The van der Waals surface area contributed by atoms with Crippen molar-refractivity contribution in [2.24, 2.45) is 0 Å². The third-order valence-corrected chi connectivity index (χ3v) is 5.76. The maximum Gasteiger partial charge on any atom is 0.275 e. The molecule has 0 aromatic heterocycles. The van der Waals surface area contributed by atoms with Gasteiger partial charge < -0.3 is 10.6 Å². The van der Waals surface area contributed by atoms with E-state index in [0.717, 1.165) is 5.56 Å². The lowest BCUT2D eigenvalue weighted by molar-refractivity contribution is -0.682.